The second-order valence-corrected chi connectivity index (χ2v) is 8.74. The quantitative estimate of drug-likeness (QED) is 0.799. The van der Waals surface area contributed by atoms with Crippen LogP contribution in [-0.2, 0) is 10.0 Å². The lowest BCUT2D eigenvalue weighted by Gasteiger charge is -2.30. The normalized spacial score (nSPS) is 22.8. The first-order valence-electron chi connectivity index (χ1n) is 8.56. The van der Waals surface area contributed by atoms with Crippen molar-refractivity contribution in [3.63, 3.8) is 0 Å². The molecule has 2 saturated heterocycles. The van der Waals surface area contributed by atoms with Crippen LogP contribution in [0.25, 0.3) is 0 Å². The molecular formula is C15H30N4O3S. The van der Waals surface area contributed by atoms with Crippen LogP contribution in [0.3, 0.4) is 0 Å². The molecule has 2 heterocycles. The first-order chi connectivity index (χ1) is 10.9. The van der Waals surface area contributed by atoms with Gasteiger partial charge in [-0.25, -0.2) is 17.5 Å². The first kappa shape index (κ1) is 18.5. The second kappa shape index (κ2) is 8.30. The maximum atomic E-state index is 12.2. The number of sulfonamides is 1. The van der Waals surface area contributed by atoms with E-state index in [1.54, 1.807) is 4.90 Å². The van der Waals surface area contributed by atoms with E-state index in [-0.39, 0.29) is 6.03 Å². The fourth-order valence-corrected chi connectivity index (χ4v) is 4.02. The van der Waals surface area contributed by atoms with E-state index < -0.39 is 10.0 Å². The van der Waals surface area contributed by atoms with Crippen molar-refractivity contribution in [3.05, 3.63) is 0 Å². The first-order valence-corrected chi connectivity index (χ1v) is 10.4. The van der Waals surface area contributed by atoms with Crippen molar-refractivity contribution >= 4 is 16.1 Å². The molecule has 2 fully saturated rings. The van der Waals surface area contributed by atoms with E-state index in [0.29, 0.717) is 39.1 Å². The predicted octanol–water partition coefficient (Wildman–Crippen LogP) is 0.395. The maximum absolute atomic E-state index is 12.2. The summed E-state index contributed by atoms with van der Waals surface area (Å²) in [6, 6.07) is -0.0780. The van der Waals surface area contributed by atoms with Gasteiger partial charge in [0.25, 0.3) is 0 Å². The Hall–Kier alpha value is -0.860. The summed E-state index contributed by atoms with van der Waals surface area (Å²) >= 11 is 0. The molecule has 7 nitrogen and oxygen atoms in total. The Morgan fingerprint density at radius 1 is 1.09 bits per heavy atom. The largest absolute Gasteiger partial charge is 0.337 e. The van der Waals surface area contributed by atoms with Gasteiger partial charge in [0.15, 0.2) is 0 Å². The van der Waals surface area contributed by atoms with Gasteiger partial charge in [0.1, 0.15) is 0 Å². The van der Waals surface area contributed by atoms with Crippen molar-refractivity contribution in [2.24, 2.45) is 5.92 Å². The van der Waals surface area contributed by atoms with Crippen LogP contribution in [0.15, 0.2) is 0 Å². The zero-order chi connectivity index (χ0) is 16.9. The highest BCUT2D eigenvalue weighted by molar-refractivity contribution is 7.88. The highest BCUT2D eigenvalue weighted by Gasteiger charge is 2.23. The average molecular weight is 346 g/mol. The Bertz CT molecular complexity index is 489. The van der Waals surface area contributed by atoms with Crippen molar-refractivity contribution < 1.29 is 13.2 Å². The lowest BCUT2D eigenvalue weighted by molar-refractivity contribution is 0.182. The van der Waals surface area contributed by atoms with E-state index in [4.69, 9.17) is 0 Å². The summed E-state index contributed by atoms with van der Waals surface area (Å²) in [7, 11) is -3.17. The molecule has 23 heavy (non-hydrogen) atoms. The number of carbonyl (C=O) groups is 1. The molecule has 2 aliphatic rings. The molecule has 1 N–H and O–H groups in total. The summed E-state index contributed by atoms with van der Waals surface area (Å²) in [6.07, 6.45) is 4.38. The van der Waals surface area contributed by atoms with Crippen molar-refractivity contribution in [1.82, 2.24) is 19.4 Å². The summed E-state index contributed by atoms with van der Waals surface area (Å²) < 4.78 is 24.6. The molecule has 2 rings (SSSR count). The van der Waals surface area contributed by atoms with E-state index in [2.05, 4.69) is 17.1 Å². The van der Waals surface area contributed by atoms with Crippen LogP contribution in [0.2, 0.25) is 0 Å². The predicted molar refractivity (Wildman–Crippen MR) is 90.8 cm³/mol. The molecule has 0 radical (unpaired) electrons. The maximum Gasteiger partial charge on any atom is 0.317 e. The Morgan fingerprint density at radius 3 is 2.43 bits per heavy atom. The van der Waals surface area contributed by atoms with Crippen LogP contribution in [0.4, 0.5) is 4.79 Å². The molecule has 0 saturated carbocycles. The monoisotopic (exact) mass is 346 g/mol. The minimum atomic E-state index is -3.17. The molecule has 0 spiro atoms. The Morgan fingerprint density at radius 2 is 1.78 bits per heavy atom. The van der Waals surface area contributed by atoms with E-state index in [0.717, 1.165) is 25.6 Å². The van der Waals surface area contributed by atoms with Crippen LogP contribution in [-0.4, -0.2) is 87.2 Å². The molecule has 0 aromatic heterocycles. The second-order valence-electron chi connectivity index (χ2n) is 6.76. The van der Waals surface area contributed by atoms with Crippen LogP contribution in [0.5, 0.6) is 0 Å². The summed E-state index contributed by atoms with van der Waals surface area (Å²) in [5.41, 5.74) is 0. The molecule has 0 aromatic carbocycles. The number of nitrogens with one attached hydrogen (secondary N) is 1. The number of rotatable bonds is 4. The minimum Gasteiger partial charge on any atom is -0.337 e. The number of carbonyl (C=O) groups excluding carboxylic acids is 1. The zero-order valence-electron chi connectivity index (χ0n) is 14.3. The van der Waals surface area contributed by atoms with Gasteiger partial charge >= 0.3 is 6.03 Å². The number of urea groups is 1. The number of likely N-dealkylation sites (tertiary alicyclic amines) is 1. The highest BCUT2D eigenvalue weighted by atomic mass is 32.2. The number of piperidine rings is 1. The third-order valence-electron chi connectivity index (χ3n) is 4.79. The van der Waals surface area contributed by atoms with Gasteiger partial charge in [-0.2, -0.15) is 0 Å². The summed E-state index contributed by atoms with van der Waals surface area (Å²) in [5.74, 6) is 0.815. The number of nitrogens with zero attached hydrogens (tertiary/aromatic N) is 3. The number of hydrogen-bond acceptors (Lipinski definition) is 4. The lowest BCUT2D eigenvalue weighted by atomic mass is 9.99. The minimum absolute atomic E-state index is 0.0780. The Kier molecular flexibility index (Phi) is 6.67. The van der Waals surface area contributed by atoms with Crippen LogP contribution < -0.4 is 5.32 Å². The summed E-state index contributed by atoms with van der Waals surface area (Å²) in [5, 5.41) is 2.97. The van der Waals surface area contributed by atoms with Gasteiger partial charge in [0, 0.05) is 39.3 Å². The van der Waals surface area contributed by atoms with Crippen molar-refractivity contribution in [2.45, 2.75) is 26.2 Å². The number of amides is 2. The standard InChI is InChI=1S/C15H30N4O3S/c1-14-4-9-17(10-5-14)11-6-16-15(20)18-7-3-8-19(13-12-18)23(2,21)22/h14H,3-13H2,1-2H3,(H,16,20). The van der Waals surface area contributed by atoms with Gasteiger partial charge in [-0.3, -0.25) is 0 Å². The van der Waals surface area contributed by atoms with Gasteiger partial charge in [0.2, 0.25) is 10.0 Å². The molecule has 8 heteroatoms. The van der Waals surface area contributed by atoms with Gasteiger partial charge in [0.05, 0.1) is 6.26 Å². The molecule has 0 aromatic rings. The molecule has 134 valence electrons. The van der Waals surface area contributed by atoms with Gasteiger partial charge in [-0.05, 0) is 38.3 Å². The van der Waals surface area contributed by atoms with Gasteiger partial charge in [-0.15, -0.1) is 0 Å². The topological polar surface area (TPSA) is 73.0 Å². The zero-order valence-corrected chi connectivity index (χ0v) is 15.1. The molecule has 0 unspecified atom stereocenters. The van der Waals surface area contributed by atoms with Gasteiger partial charge in [-0.1, -0.05) is 6.92 Å². The van der Waals surface area contributed by atoms with Crippen LogP contribution in [0, 0.1) is 5.92 Å². The lowest BCUT2D eigenvalue weighted by Crippen LogP contribution is -2.45. The number of hydrogen-bond donors (Lipinski definition) is 1. The van der Waals surface area contributed by atoms with Crippen LogP contribution in [0.1, 0.15) is 26.2 Å². The molecule has 2 amide bonds. The average Bonchev–Trinajstić information content (AvgIpc) is 2.75. The summed E-state index contributed by atoms with van der Waals surface area (Å²) in [4.78, 5) is 16.4. The fourth-order valence-electron chi connectivity index (χ4n) is 3.15. The SMILES string of the molecule is CC1CCN(CCNC(=O)N2CCCN(S(C)(=O)=O)CC2)CC1. The van der Waals surface area contributed by atoms with E-state index >= 15 is 0 Å². The Balaban J connectivity index is 1.69. The molecule has 0 atom stereocenters. The van der Waals surface area contributed by atoms with Gasteiger partial charge < -0.3 is 15.1 Å². The third kappa shape index (κ3) is 5.93. The van der Waals surface area contributed by atoms with E-state index in [1.165, 1.54) is 23.4 Å². The Labute approximate surface area is 140 Å². The van der Waals surface area contributed by atoms with Crippen molar-refractivity contribution in [2.75, 3.05) is 58.6 Å². The summed E-state index contributed by atoms with van der Waals surface area (Å²) in [6.45, 7) is 8.01. The van der Waals surface area contributed by atoms with E-state index in [9.17, 15) is 13.2 Å². The molecular weight excluding hydrogens is 316 g/mol. The smallest absolute Gasteiger partial charge is 0.317 e. The van der Waals surface area contributed by atoms with Crippen LogP contribution >= 0.6 is 0 Å². The van der Waals surface area contributed by atoms with E-state index in [1.807, 2.05) is 0 Å². The molecule has 0 aliphatic carbocycles. The molecule has 2 aliphatic heterocycles. The highest BCUT2D eigenvalue weighted by Crippen LogP contribution is 2.15. The van der Waals surface area contributed by atoms with Crippen molar-refractivity contribution in [3.8, 4) is 0 Å². The van der Waals surface area contributed by atoms with Crippen molar-refractivity contribution in [1.29, 1.82) is 0 Å². The molecule has 0 bridgehead atoms. The third-order valence-corrected chi connectivity index (χ3v) is 6.09. The fraction of sp³-hybridized carbons (Fsp3) is 0.933.